The van der Waals surface area contributed by atoms with Crippen LogP contribution in [-0.2, 0) is 9.53 Å². The van der Waals surface area contributed by atoms with E-state index in [1.165, 1.54) is 0 Å². The average molecular weight is 371 g/mol. The molecular weight excluding hydrogens is 346 g/mol. The molecule has 0 radical (unpaired) electrons. The minimum atomic E-state index is -0.686. The number of nitrogens with zero attached hydrogens (tertiary/aromatic N) is 1. The van der Waals surface area contributed by atoms with E-state index >= 15 is 0 Å². The molecule has 0 atom stereocenters. The maximum absolute atomic E-state index is 12.4. The second-order valence-electron chi connectivity index (χ2n) is 6.66. The second kappa shape index (κ2) is 8.53. The van der Waals surface area contributed by atoms with E-state index in [2.05, 4.69) is 10.6 Å². The highest BCUT2D eigenvalue weighted by Crippen LogP contribution is 2.23. The molecule has 7 nitrogen and oxygen atoms in total. The number of esters is 1. The first-order valence-corrected chi connectivity index (χ1v) is 8.73. The Morgan fingerprint density at radius 2 is 1.78 bits per heavy atom. The number of imide groups is 1. The van der Waals surface area contributed by atoms with E-state index in [-0.39, 0.29) is 6.04 Å². The van der Waals surface area contributed by atoms with Gasteiger partial charge >= 0.3 is 12.0 Å². The van der Waals surface area contributed by atoms with Crippen molar-refractivity contribution in [3.63, 3.8) is 0 Å². The normalized spacial score (nSPS) is 10.6. The van der Waals surface area contributed by atoms with Crippen LogP contribution in [0.5, 0.6) is 0 Å². The van der Waals surface area contributed by atoms with Crippen LogP contribution in [0.3, 0.4) is 0 Å². The molecule has 2 rings (SSSR count). The third-order valence-corrected chi connectivity index (χ3v) is 4.01. The summed E-state index contributed by atoms with van der Waals surface area (Å²) in [5, 5.41) is 4.63. The zero-order valence-electron chi connectivity index (χ0n) is 16.3. The van der Waals surface area contributed by atoms with Gasteiger partial charge in [0.05, 0.1) is 5.56 Å². The summed E-state index contributed by atoms with van der Waals surface area (Å²) in [6.45, 7) is 8.74. The van der Waals surface area contributed by atoms with E-state index in [0.717, 1.165) is 22.6 Å². The van der Waals surface area contributed by atoms with E-state index < -0.39 is 24.5 Å². The van der Waals surface area contributed by atoms with E-state index in [9.17, 15) is 14.4 Å². The molecule has 7 heteroatoms. The summed E-state index contributed by atoms with van der Waals surface area (Å²) < 4.78 is 7.04. The summed E-state index contributed by atoms with van der Waals surface area (Å²) in [6.07, 6.45) is 0. The van der Waals surface area contributed by atoms with Gasteiger partial charge in [0, 0.05) is 23.1 Å². The highest BCUT2D eigenvalue weighted by Gasteiger charge is 2.20. The summed E-state index contributed by atoms with van der Waals surface area (Å²) in [4.78, 5) is 35.6. The molecule has 1 aromatic carbocycles. The Hall–Kier alpha value is -3.09. The van der Waals surface area contributed by atoms with Crippen LogP contribution in [0.25, 0.3) is 5.69 Å². The molecule has 0 unspecified atom stereocenters. The van der Waals surface area contributed by atoms with Gasteiger partial charge in [0.1, 0.15) is 0 Å². The number of aryl methyl sites for hydroxylation is 2. The van der Waals surface area contributed by atoms with Gasteiger partial charge in [-0.15, -0.1) is 0 Å². The number of carbonyl (C=O) groups excluding carboxylic acids is 3. The van der Waals surface area contributed by atoms with Crippen LogP contribution in [0.4, 0.5) is 4.79 Å². The van der Waals surface area contributed by atoms with Crippen molar-refractivity contribution in [3.05, 3.63) is 52.8 Å². The van der Waals surface area contributed by atoms with Crippen molar-refractivity contribution in [1.29, 1.82) is 0 Å². The molecule has 0 aliphatic heterocycles. The number of ether oxygens (including phenoxy) is 1. The largest absolute Gasteiger partial charge is 0.452 e. The lowest BCUT2D eigenvalue weighted by Gasteiger charge is -2.12. The number of urea groups is 1. The zero-order valence-corrected chi connectivity index (χ0v) is 16.3. The van der Waals surface area contributed by atoms with Crippen molar-refractivity contribution in [2.45, 2.75) is 40.7 Å². The van der Waals surface area contributed by atoms with Crippen molar-refractivity contribution in [2.24, 2.45) is 0 Å². The lowest BCUT2D eigenvalue weighted by Crippen LogP contribution is -2.44. The van der Waals surface area contributed by atoms with Crippen molar-refractivity contribution in [3.8, 4) is 5.69 Å². The van der Waals surface area contributed by atoms with Crippen molar-refractivity contribution in [1.82, 2.24) is 15.2 Å². The number of carbonyl (C=O) groups is 3. The molecule has 0 saturated heterocycles. The molecule has 0 fully saturated rings. The fourth-order valence-electron chi connectivity index (χ4n) is 2.82. The van der Waals surface area contributed by atoms with Crippen LogP contribution in [-0.4, -0.2) is 35.1 Å². The highest BCUT2D eigenvalue weighted by molar-refractivity contribution is 5.97. The van der Waals surface area contributed by atoms with Gasteiger partial charge in [-0.05, 0) is 52.3 Å². The van der Waals surface area contributed by atoms with Crippen LogP contribution >= 0.6 is 0 Å². The molecule has 0 aliphatic rings. The smallest absolute Gasteiger partial charge is 0.340 e. The Kier molecular flexibility index (Phi) is 6.39. The molecule has 1 aromatic heterocycles. The van der Waals surface area contributed by atoms with Crippen LogP contribution in [0.15, 0.2) is 30.3 Å². The number of hydrogen-bond donors (Lipinski definition) is 2. The fourth-order valence-corrected chi connectivity index (χ4v) is 2.82. The molecule has 0 aliphatic carbocycles. The number of aromatic nitrogens is 1. The number of nitrogens with one attached hydrogen (secondary N) is 2. The summed E-state index contributed by atoms with van der Waals surface area (Å²) >= 11 is 0. The fraction of sp³-hybridized carbons (Fsp3) is 0.350. The first-order chi connectivity index (χ1) is 12.7. The molecule has 3 amide bonds. The topological polar surface area (TPSA) is 89.4 Å². The van der Waals surface area contributed by atoms with Gasteiger partial charge in [0.25, 0.3) is 5.91 Å². The zero-order chi connectivity index (χ0) is 20.1. The average Bonchev–Trinajstić information content (AvgIpc) is 2.87. The molecule has 2 aromatic rings. The Labute approximate surface area is 158 Å². The first kappa shape index (κ1) is 20.2. The number of benzene rings is 1. The SMILES string of the molecule is Cc1ccccc1-n1c(C)cc(C(=O)OCC(=O)NC(=O)NC(C)C)c1C. The number of rotatable bonds is 5. The third kappa shape index (κ3) is 4.97. The van der Waals surface area contributed by atoms with Crippen molar-refractivity contribution >= 4 is 17.9 Å². The maximum Gasteiger partial charge on any atom is 0.340 e. The number of hydrogen-bond acceptors (Lipinski definition) is 4. The van der Waals surface area contributed by atoms with Crippen molar-refractivity contribution in [2.75, 3.05) is 6.61 Å². The quantitative estimate of drug-likeness (QED) is 0.791. The Morgan fingerprint density at radius 3 is 2.41 bits per heavy atom. The van der Waals surface area contributed by atoms with Crippen LogP contribution in [0.1, 0.15) is 41.2 Å². The third-order valence-electron chi connectivity index (χ3n) is 4.01. The maximum atomic E-state index is 12.4. The standard InChI is InChI=1S/C20H25N3O4/c1-12(2)21-20(26)22-18(24)11-27-19(25)16-10-14(4)23(15(16)5)17-9-7-6-8-13(17)3/h6-10,12H,11H2,1-5H3,(H2,21,22,24,26). The molecule has 0 spiro atoms. The Morgan fingerprint density at radius 1 is 1.11 bits per heavy atom. The first-order valence-electron chi connectivity index (χ1n) is 8.73. The van der Waals surface area contributed by atoms with Crippen LogP contribution in [0.2, 0.25) is 0 Å². The van der Waals surface area contributed by atoms with Gasteiger partial charge in [-0.1, -0.05) is 18.2 Å². The van der Waals surface area contributed by atoms with Gasteiger partial charge in [0.2, 0.25) is 0 Å². The summed E-state index contributed by atoms with van der Waals surface area (Å²) in [5.41, 5.74) is 4.05. The summed E-state index contributed by atoms with van der Waals surface area (Å²) in [7, 11) is 0. The number of amides is 3. The van der Waals surface area contributed by atoms with Gasteiger partial charge in [-0.2, -0.15) is 0 Å². The van der Waals surface area contributed by atoms with E-state index in [4.69, 9.17) is 4.74 Å². The molecule has 2 N–H and O–H groups in total. The Balaban J connectivity index is 2.08. The van der Waals surface area contributed by atoms with Crippen LogP contribution < -0.4 is 10.6 Å². The lowest BCUT2D eigenvalue weighted by molar-refractivity contribution is -0.123. The predicted octanol–water partition coefficient (Wildman–Crippen LogP) is 2.79. The molecule has 0 saturated carbocycles. The van der Waals surface area contributed by atoms with E-state index in [1.54, 1.807) is 19.9 Å². The van der Waals surface area contributed by atoms with Crippen LogP contribution in [0, 0.1) is 20.8 Å². The summed E-state index contributed by atoms with van der Waals surface area (Å²) in [5.74, 6) is -1.29. The molecule has 1 heterocycles. The molecule has 0 bridgehead atoms. The molecule has 144 valence electrons. The monoisotopic (exact) mass is 371 g/mol. The lowest BCUT2D eigenvalue weighted by atomic mass is 10.2. The predicted molar refractivity (Wildman–Crippen MR) is 102 cm³/mol. The van der Waals surface area contributed by atoms with Crippen molar-refractivity contribution < 1.29 is 19.1 Å². The second-order valence-corrected chi connectivity index (χ2v) is 6.66. The molecule has 27 heavy (non-hydrogen) atoms. The van der Waals surface area contributed by atoms with Gasteiger partial charge in [0.15, 0.2) is 6.61 Å². The van der Waals surface area contributed by atoms with Gasteiger partial charge in [-0.3, -0.25) is 10.1 Å². The highest BCUT2D eigenvalue weighted by atomic mass is 16.5. The minimum absolute atomic E-state index is 0.104. The van der Waals surface area contributed by atoms with E-state index in [0.29, 0.717) is 5.56 Å². The van der Waals surface area contributed by atoms with Gasteiger partial charge < -0.3 is 14.6 Å². The van der Waals surface area contributed by atoms with E-state index in [1.807, 2.05) is 49.6 Å². The van der Waals surface area contributed by atoms with Gasteiger partial charge in [-0.25, -0.2) is 9.59 Å². The minimum Gasteiger partial charge on any atom is -0.452 e. The number of para-hydroxylation sites is 1. The summed E-state index contributed by atoms with van der Waals surface area (Å²) in [6, 6.07) is 8.87. The Bertz CT molecular complexity index is 868. The molecular formula is C20H25N3O4.